The number of nitro benzene ring substituents is 1. The minimum atomic E-state index is -1.51. The summed E-state index contributed by atoms with van der Waals surface area (Å²) in [5.74, 6) is -2.43. The Bertz CT molecular complexity index is 733. The van der Waals surface area contributed by atoms with E-state index in [0.717, 1.165) is 11.6 Å². The summed E-state index contributed by atoms with van der Waals surface area (Å²) < 4.78 is 13.9. The molecule has 0 saturated heterocycles. The molecule has 0 aliphatic carbocycles. The van der Waals surface area contributed by atoms with Crippen molar-refractivity contribution in [1.29, 1.82) is 0 Å². The molecule has 0 aliphatic heterocycles. The van der Waals surface area contributed by atoms with E-state index in [1.165, 1.54) is 6.20 Å². The fourth-order valence-corrected chi connectivity index (χ4v) is 1.72. The molecule has 0 fully saturated rings. The standard InChI is InChI=1S/C13H10FN3O4/c1-7-2-3-15-6-11(7)16-10-4-8(13(18)19)12(17(20)21)5-9(10)14/h2-6,16H,1H3,(H,18,19). The zero-order valence-electron chi connectivity index (χ0n) is 10.8. The summed E-state index contributed by atoms with van der Waals surface area (Å²) in [6.45, 7) is 1.76. The maximum atomic E-state index is 13.9. The number of halogens is 1. The second-order valence-corrected chi connectivity index (χ2v) is 4.23. The molecule has 2 rings (SSSR count). The van der Waals surface area contributed by atoms with Crippen molar-refractivity contribution in [3.63, 3.8) is 0 Å². The van der Waals surface area contributed by atoms with Gasteiger partial charge in [0.15, 0.2) is 5.82 Å². The molecule has 0 unspecified atom stereocenters. The monoisotopic (exact) mass is 291 g/mol. The Morgan fingerprint density at radius 2 is 2.14 bits per heavy atom. The quantitative estimate of drug-likeness (QED) is 0.662. The van der Waals surface area contributed by atoms with Crippen LogP contribution >= 0.6 is 0 Å². The van der Waals surface area contributed by atoms with Crippen LogP contribution in [0, 0.1) is 22.9 Å². The fraction of sp³-hybridized carbons (Fsp3) is 0.0769. The highest BCUT2D eigenvalue weighted by Gasteiger charge is 2.23. The number of hydrogen-bond acceptors (Lipinski definition) is 5. The van der Waals surface area contributed by atoms with Crippen molar-refractivity contribution >= 4 is 23.0 Å². The summed E-state index contributed by atoms with van der Waals surface area (Å²) in [7, 11) is 0. The smallest absolute Gasteiger partial charge is 0.342 e. The van der Waals surface area contributed by atoms with Crippen molar-refractivity contribution in [1.82, 2.24) is 4.98 Å². The van der Waals surface area contributed by atoms with Gasteiger partial charge in [-0.25, -0.2) is 9.18 Å². The van der Waals surface area contributed by atoms with Crippen molar-refractivity contribution < 1.29 is 19.2 Å². The Balaban J connectivity index is 2.50. The molecule has 0 amide bonds. The van der Waals surface area contributed by atoms with Gasteiger partial charge in [0, 0.05) is 6.20 Å². The number of hydrogen-bond donors (Lipinski definition) is 2. The van der Waals surface area contributed by atoms with E-state index in [9.17, 15) is 19.3 Å². The lowest BCUT2D eigenvalue weighted by Crippen LogP contribution is -2.06. The maximum Gasteiger partial charge on any atom is 0.342 e. The molecule has 0 bridgehead atoms. The highest BCUT2D eigenvalue weighted by molar-refractivity contribution is 5.94. The normalized spacial score (nSPS) is 10.2. The predicted octanol–water partition coefficient (Wildman–Crippen LogP) is 2.88. The van der Waals surface area contributed by atoms with Gasteiger partial charge >= 0.3 is 5.97 Å². The SMILES string of the molecule is Cc1ccncc1Nc1cc(C(=O)O)c([N+](=O)[O-])cc1F. The molecule has 2 N–H and O–H groups in total. The molecule has 1 heterocycles. The van der Waals surface area contributed by atoms with Crippen LogP contribution in [0.4, 0.5) is 21.5 Å². The molecular weight excluding hydrogens is 281 g/mol. The van der Waals surface area contributed by atoms with Gasteiger partial charge in [0.05, 0.1) is 28.6 Å². The molecule has 108 valence electrons. The molecule has 2 aromatic rings. The van der Waals surface area contributed by atoms with Crippen LogP contribution < -0.4 is 5.32 Å². The van der Waals surface area contributed by atoms with Crippen molar-refractivity contribution in [2.24, 2.45) is 0 Å². The Labute approximate surface area is 118 Å². The number of anilines is 2. The van der Waals surface area contributed by atoms with E-state index in [0.29, 0.717) is 11.8 Å². The summed E-state index contributed by atoms with van der Waals surface area (Å²) >= 11 is 0. The first-order valence-electron chi connectivity index (χ1n) is 5.79. The first-order chi connectivity index (χ1) is 9.90. The highest BCUT2D eigenvalue weighted by Crippen LogP contribution is 2.29. The van der Waals surface area contributed by atoms with Gasteiger partial charge in [-0.15, -0.1) is 0 Å². The lowest BCUT2D eigenvalue weighted by atomic mass is 10.1. The Kier molecular flexibility index (Phi) is 3.79. The Morgan fingerprint density at radius 3 is 2.71 bits per heavy atom. The zero-order chi connectivity index (χ0) is 15.6. The van der Waals surface area contributed by atoms with Gasteiger partial charge < -0.3 is 10.4 Å². The van der Waals surface area contributed by atoms with Crippen LogP contribution in [-0.2, 0) is 0 Å². The van der Waals surface area contributed by atoms with Crippen LogP contribution in [0.3, 0.4) is 0 Å². The molecule has 0 spiro atoms. The van der Waals surface area contributed by atoms with Gasteiger partial charge in [0.25, 0.3) is 5.69 Å². The van der Waals surface area contributed by atoms with E-state index < -0.39 is 28.0 Å². The number of aromatic nitrogens is 1. The first-order valence-corrected chi connectivity index (χ1v) is 5.79. The molecule has 0 saturated carbocycles. The van der Waals surface area contributed by atoms with E-state index in [1.54, 1.807) is 19.2 Å². The van der Waals surface area contributed by atoms with Gasteiger partial charge in [0.1, 0.15) is 5.56 Å². The number of nitrogens with one attached hydrogen (secondary N) is 1. The first kappa shape index (κ1) is 14.4. The van der Waals surface area contributed by atoms with Gasteiger partial charge in [-0.2, -0.15) is 0 Å². The molecule has 0 atom stereocenters. The van der Waals surface area contributed by atoms with Crippen LogP contribution in [0.2, 0.25) is 0 Å². The summed E-state index contributed by atoms with van der Waals surface area (Å²) in [5.41, 5.74) is -0.325. The van der Waals surface area contributed by atoms with Crippen LogP contribution in [0.5, 0.6) is 0 Å². The van der Waals surface area contributed by atoms with Crippen molar-refractivity contribution in [2.75, 3.05) is 5.32 Å². The minimum absolute atomic E-state index is 0.172. The number of carboxylic acids is 1. The second kappa shape index (κ2) is 5.53. The average molecular weight is 291 g/mol. The number of pyridine rings is 1. The lowest BCUT2D eigenvalue weighted by molar-refractivity contribution is -0.385. The fourth-order valence-electron chi connectivity index (χ4n) is 1.72. The van der Waals surface area contributed by atoms with Crippen LogP contribution in [-0.4, -0.2) is 21.0 Å². The number of rotatable bonds is 4. The van der Waals surface area contributed by atoms with Crippen LogP contribution in [0.15, 0.2) is 30.6 Å². The number of carboxylic acid groups (broad SMARTS) is 1. The van der Waals surface area contributed by atoms with E-state index in [1.807, 2.05) is 0 Å². The number of aromatic carboxylic acids is 1. The largest absolute Gasteiger partial charge is 0.477 e. The third kappa shape index (κ3) is 2.94. The topological polar surface area (TPSA) is 105 Å². The second-order valence-electron chi connectivity index (χ2n) is 4.23. The maximum absolute atomic E-state index is 13.9. The van der Waals surface area contributed by atoms with Gasteiger partial charge in [-0.3, -0.25) is 15.1 Å². The van der Waals surface area contributed by atoms with Crippen LogP contribution in [0.1, 0.15) is 15.9 Å². The van der Waals surface area contributed by atoms with E-state index in [2.05, 4.69) is 10.3 Å². The van der Waals surface area contributed by atoms with E-state index >= 15 is 0 Å². The average Bonchev–Trinajstić information content (AvgIpc) is 2.42. The predicted molar refractivity (Wildman–Crippen MR) is 72.3 cm³/mol. The summed E-state index contributed by atoms with van der Waals surface area (Å²) in [6.07, 6.45) is 2.99. The summed E-state index contributed by atoms with van der Waals surface area (Å²) in [4.78, 5) is 24.7. The molecule has 0 aliphatic rings. The van der Waals surface area contributed by atoms with Gasteiger partial charge in [-0.1, -0.05) is 0 Å². The molecule has 8 heteroatoms. The number of carbonyl (C=O) groups is 1. The highest BCUT2D eigenvalue weighted by atomic mass is 19.1. The molecule has 1 aromatic heterocycles. The van der Waals surface area contributed by atoms with Gasteiger partial charge in [-0.05, 0) is 24.6 Å². The van der Waals surface area contributed by atoms with Crippen molar-refractivity contribution in [3.8, 4) is 0 Å². The van der Waals surface area contributed by atoms with Crippen molar-refractivity contribution in [3.05, 3.63) is 57.7 Å². The number of benzene rings is 1. The van der Waals surface area contributed by atoms with Crippen molar-refractivity contribution in [2.45, 2.75) is 6.92 Å². The number of nitrogens with zero attached hydrogens (tertiary/aromatic N) is 2. The van der Waals surface area contributed by atoms with E-state index in [4.69, 9.17) is 5.11 Å². The molecule has 0 radical (unpaired) electrons. The molecule has 21 heavy (non-hydrogen) atoms. The minimum Gasteiger partial charge on any atom is -0.477 e. The van der Waals surface area contributed by atoms with Crippen LogP contribution in [0.25, 0.3) is 0 Å². The number of aryl methyl sites for hydroxylation is 1. The third-order valence-corrected chi connectivity index (χ3v) is 2.82. The third-order valence-electron chi connectivity index (χ3n) is 2.82. The number of nitro groups is 1. The lowest BCUT2D eigenvalue weighted by Gasteiger charge is -2.10. The molecular formula is C13H10FN3O4. The van der Waals surface area contributed by atoms with Gasteiger partial charge in [0.2, 0.25) is 0 Å². The summed E-state index contributed by atoms with van der Waals surface area (Å²) in [5, 5.41) is 22.4. The molecule has 1 aromatic carbocycles. The molecule has 7 nitrogen and oxygen atoms in total. The Hall–Kier alpha value is -3.03. The Morgan fingerprint density at radius 1 is 1.43 bits per heavy atom. The summed E-state index contributed by atoms with van der Waals surface area (Å²) in [6, 6.07) is 3.16. The van der Waals surface area contributed by atoms with E-state index in [-0.39, 0.29) is 5.69 Å². The zero-order valence-corrected chi connectivity index (χ0v) is 10.8.